The average molecular weight is 247 g/mol. The highest BCUT2D eigenvalue weighted by Gasteiger charge is 2.17. The standard InChI is InChI=1S/C15H25N3/c1-14(18-10-8-16-9-11-18)12-17(2)13-15-6-4-3-5-7-15/h3-7,14,16H,8-13H2,1-2H3. The van der Waals surface area contributed by atoms with Crippen molar-refractivity contribution in [2.45, 2.75) is 19.5 Å². The number of hydrogen-bond acceptors (Lipinski definition) is 3. The van der Waals surface area contributed by atoms with Gasteiger partial charge in [-0.1, -0.05) is 30.3 Å². The van der Waals surface area contributed by atoms with E-state index in [0.717, 1.165) is 26.2 Å². The fraction of sp³-hybridized carbons (Fsp3) is 0.600. The lowest BCUT2D eigenvalue weighted by molar-refractivity contribution is 0.144. The zero-order valence-electron chi connectivity index (χ0n) is 11.6. The SMILES string of the molecule is CC(CN(C)Cc1ccccc1)N1CCNCC1. The molecule has 1 heterocycles. The van der Waals surface area contributed by atoms with Gasteiger partial charge in [0.1, 0.15) is 0 Å². The van der Waals surface area contributed by atoms with Crippen LogP contribution in [-0.2, 0) is 6.54 Å². The second-order valence-corrected chi connectivity index (χ2v) is 5.32. The molecule has 0 bridgehead atoms. The van der Waals surface area contributed by atoms with E-state index in [1.165, 1.54) is 18.7 Å². The van der Waals surface area contributed by atoms with Crippen LogP contribution in [0.3, 0.4) is 0 Å². The van der Waals surface area contributed by atoms with Crippen LogP contribution in [0.2, 0.25) is 0 Å². The Morgan fingerprint density at radius 3 is 2.56 bits per heavy atom. The first-order valence-corrected chi connectivity index (χ1v) is 6.93. The fourth-order valence-electron chi connectivity index (χ4n) is 2.65. The molecule has 3 nitrogen and oxygen atoms in total. The molecule has 1 aliphatic heterocycles. The molecule has 0 spiro atoms. The molecule has 1 unspecified atom stereocenters. The zero-order chi connectivity index (χ0) is 12.8. The third-order valence-electron chi connectivity index (χ3n) is 3.65. The molecule has 1 N–H and O–H groups in total. The van der Waals surface area contributed by atoms with Crippen LogP contribution in [0.5, 0.6) is 0 Å². The Balaban J connectivity index is 1.77. The third kappa shape index (κ3) is 4.09. The van der Waals surface area contributed by atoms with Gasteiger partial charge in [0.15, 0.2) is 0 Å². The average Bonchev–Trinajstić information content (AvgIpc) is 2.40. The topological polar surface area (TPSA) is 18.5 Å². The van der Waals surface area contributed by atoms with Crippen LogP contribution in [-0.4, -0.2) is 55.6 Å². The van der Waals surface area contributed by atoms with Crippen molar-refractivity contribution in [1.29, 1.82) is 0 Å². The Kier molecular flexibility index (Phi) is 5.17. The van der Waals surface area contributed by atoms with Crippen LogP contribution in [0.4, 0.5) is 0 Å². The van der Waals surface area contributed by atoms with Crippen molar-refractivity contribution in [1.82, 2.24) is 15.1 Å². The van der Waals surface area contributed by atoms with Crippen LogP contribution >= 0.6 is 0 Å². The minimum atomic E-state index is 0.640. The van der Waals surface area contributed by atoms with Gasteiger partial charge in [0, 0.05) is 45.3 Å². The van der Waals surface area contributed by atoms with E-state index in [0.29, 0.717) is 6.04 Å². The lowest BCUT2D eigenvalue weighted by atomic mass is 10.2. The second kappa shape index (κ2) is 6.88. The van der Waals surface area contributed by atoms with Gasteiger partial charge in [0.2, 0.25) is 0 Å². The quantitative estimate of drug-likeness (QED) is 0.849. The molecule has 1 saturated heterocycles. The number of piperazine rings is 1. The molecule has 1 aromatic rings. The molecule has 1 fully saturated rings. The molecule has 0 radical (unpaired) electrons. The van der Waals surface area contributed by atoms with Crippen molar-refractivity contribution in [2.24, 2.45) is 0 Å². The largest absolute Gasteiger partial charge is 0.314 e. The fourth-order valence-corrected chi connectivity index (χ4v) is 2.65. The Bertz CT molecular complexity index is 333. The van der Waals surface area contributed by atoms with E-state index in [9.17, 15) is 0 Å². The summed E-state index contributed by atoms with van der Waals surface area (Å²) in [7, 11) is 2.21. The van der Waals surface area contributed by atoms with Gasteiger partial charge in [-0.15, -0.1) is 0 Å². The van der Waals surface area contributed by atoms with Crippen molar-refractivity contribution in [2.75, 3.05) is 39.8 Å². The van der Waals surface area contributed by atoms with E-state index in [-0.39, 0.29) is 0 Å². The summed E-state index contributed by atoms with van der Waals surface area (Å²) in [4.78, 5) is 5.00. The number of nitrogens with zero attached hydrogens (tertiary/aromatic N) is 2. The van der Waals surface area contributed by atoms with Crippen LogP contribution < -0.4 is 5.32 Å². The minimum absolute atomic E-state index is 0.640. The summed E-state index contributed by atoms with van der Waals surface area (Å²) in [6, 6.07) is 11.3. The predicted octanol–water partition coefficient (Wildman–Crippen LogP) is 1.41. The van der Waals surface area contributed by atoms with E-state index in [4.69, 9.17) is 0 Å². The van der Waals surface area contributed by atoms with Gasteiger partial charge in [-0.25, -0.2) is 0 Å². The Morgan fingerprint density at radius 2 is 1.89 bits per heavy atom. The van der Waals surface area contributed by atoms with Crippen molar-refractivity contribution in [3.63, 3.8) is 0 Å². The zero-order valence-corrected chi connectivity index (χ0v) is 11.6. The smallest absolute Gasteiger partial charge is 0.0231 e. The van der Waals surface area contributed by atoms with Crippen LogP contribution in [0.15, 0.2) is 30.3 Å². The number of rotatable bonds is 5. The summed E-state index contributed by atoms with van der Waals surface area (Å²) >= 11 is 0. The first-order valence-electron chi connectivity index (χ1n) is 6.93. The van der Waals surface area contributed by atoms with Crippen LogP contribution in [0, 0.1) is 0 Å². The lowest BCUT2D eigenvalue weighted by Crippen LogP contribution is -2.50. The molecule has 1 aliphatic rings. The number of likely N-dealkylation sites (N-methyl/N-ethyl adjacent to an activating group) is 1. The molecule has 2 rings (SSSR count). The maximum Gasteiger partial charge on any atom is 0.0231 e. The predicted molar refractivity (Wildman–Crippen MR) is 76.7 cm³/mol. The van der Waals surface area contributed by atoms with Crippen LogP contribution in [0.25, 0.3) is 0 Å². The number of nitrogens with one attached hydrogen (secondary N) is 1. The van der Waals surface area contributed by atoms with Crippen molar-refractivity contribution in [3.05, 3.63) is 35.9 Å². The lowest BCUT2D eigenvalue weighted by Gasteiger charge is -2.35. The van der Waals surface area contributed by atoms with Gasteiger partial charge in [-0.05, 0) is 19.5 Å². The van der Waals surface area contributed by atoms with Crippen molar-refractivity contribution < 1.29 is 0 Å². The van der Waals surface area contributed by atoms with E-state index in [1.807, 2.05) is 0 Å². The number of benzene rings is 1. The van der Waals surface area contributed by atoms with Crippen molar-refractivity contribution >= 4 is 0 Å². The highest BCUT2D eigenvalue weighted by Crippen LogP contribution is 2.06. The van der Waals surface area contributed by atoms with Crippen LogP contribution in [0.1, 0.15) is 12.5 Å². The number of hydrogen-bond donors (Lipinski definition) is 1. The molecule has 1 aromatic carbocycles. The molecule has 0 aliphatic carbocycles. The maximum atomic E-state index is 3.41. The molecule has 0 amide bonds. The Morgan fingerprint density at radius 1 is 1.22 bits per heavy atom. The van der Waals surface area contributed by atoms with Gasteiger partial charge < -0.3 is 10.2 Å². The molecule has 0 aromatic heterocycles. The molecular weight excluding hydrogens is 222 g/mol. The summed E-state index contributed by atoms with van der Waals surface area (Å²) in [6.07, 6.45) is 0. The normalized spacial score (nSPS) is 19.1. The minimum Gasteiger partial charge on any atom is -0.314 e. The molecule has 1 atom stereocenters. The van der Waals surface area contributed by atoms with Gasteiger partial charge in [0.05, 0.1) is 0 Å². The second-order valence-electron chi connectivity index (χ2n) is 5.32. The summed E-state index contributed by atoms with van der Waals surface area (Å²) in [5.41, 5.74) is 1.40. The van der Waals surface area contributed by atoms with Crippen molar-refractivity contribution in [3.8, 4) is 0 Å². The maximum absolute atomic E-state index is 3.41. The third-order valence-corrected chi connectivity index (χ3v) is 3.65. The Hall–Kier alpha value is -0.900. The highest BCUT2D eigenvalue weighted by atomic mass is 15.2. The van der Waals surface area contributed by atoms with E-state index in [2.05, 4.69) is 59.4 Å². The first-order chi connectivity index (χ1) is 8.75. The van der Waals surface area contributed by atoms with E-state index in [1.54, 1.807) is 0 Å². The molecule has 18 heavy (non-hydrogen) atoms. The molecule has 0 saturated carbocycles. The van der Waals surface area contributed by atoms with Gasteiger partial charge in [-0.3, -0.25) is 4.90 Å². The van der Waals surface area contributed by atoms with E-state index < -0.39 is 0 Å². The van der Waals surface area contributed by atoms with Gasteiger partial charge in [0.25, 0.3) is 0 Å². The van der Waals surface area contributed by atoms with Gasteiger partial charge in [-0.2, -0.15) is 0 Å². The highest BCUT2D eigenvalue weighted by molar-refractivity contribution is 5.14. The Labute approximate surface area is 111 Å². The molecular formula is C15H25N3. The summed E-state index contributed by atoms with van der Waals surface area (Å²) < 4.78 is 0. The molecule has 3 heteroatoms. The first kappa shape index (κ1) is 13.5. The monoisotopic (exact) mass is 247 g/mol. The summed E-state index contributed by atoms with van der Waals surface area (Å²) in [5.74, 6) is 0. The summed E-state index contributed by atoms with van der Waals surface area (Å²) in [5, 5.41) is 3.41. The van der Waals surface area contributed by atoms with E-state index >= 15 is 0 Å². The molecule has 100 valence electrons. The van der Waals surface area contributed by atoms with Gasteiger partial charge >= 0.3 is 0 Å². The summed E-state index contributed by atoms with van der Waals surface area (Å²) in [6.45, 7) is 9.14.